The molecule has 1 aromatic carbocycles. The smallest absolute Gasteiger partial charge is 0.219 e. The van der Waals surface area contributed by atoms with E-state index in [1.54, 1.807) is 14.0 Å². The molecular weight excluding hydrogens is 318 g/mol. The first-order valence-corrected chi connectivity index (χ1v) is 8.25. The molecule has 0 saturated carbocycles. The highest BCUT2D eigenvalue weighted by Crippen LogP contribution is 2.30. The molecule has 1 amide bonds. The maximum absolute atomic E-state index is 11.4. The van der Waals surface area contributed by atoms with E-state index in [4.69, 9.17) is 16.3 Å². The van der Waals surface area contributed by atoms with Gasteiger partial charge >= 0.3 is 0 Å². The number of ether oxygens (including phenoxy) is 1. The molecule has 0 radical (unpaired) electrons. The normalized spacial score (nSPS) is 16.2. The van der Waals surface area contributed by atoms with Gasteiger partial charge in [0.15, 0.2) is 0 Å². The van der Waals surface area contributed by atoms with Crippen molar-refractivity contribution in [1.29, 1.82) is 0 Å². The lowest BCUT2D eigenvalue weighted by molar-refractivity contribution is -0.129. The van der Waals surface area contributed by atoms with Crippen molar-refractivity contribution >= 4 is 28.9 Å². The number of hydrogen-bond donors (Lipinski definition) is 2. The van der Waals surface area contributed by atoms with Gasteiger partial charge in [-0.2, -0.15) is 0 Å². The standard InChI is InChI=1S/C16H24ClN3O3/c1-12(21)19-5-7-20(8-6-19)13-3-4-15(16(9-13)23-2)18-11-14(22)10-17/h3-4,9,14,18,22H,5-8,10-11H2,1-2H3. The summed E-state index contributed by atoms with van der Waals surface area (Å²) in [5.74, 6) is 1.03. The Labute approximate surface area is 142 Å². The van der Waals surface area contributed by atoms with Crippen LogP contribution in [0.15, 0.2) is 18.2 Å². The van der Waals surface area contributed by atoms with Crippen molar-refractivity contribution in [2.24, 2.45) is 0 Å². The molecule has 7 heteroatoms. The van der Waals surface area contributed by atoms with Crippen LogP contribution in [0.5, 0.6) is 5.75 Å². The lowest BCUT2D eigenvalue weighted by atomic mass is 10.2. The van der Waals surface area contributed by atoms with E-state index in [-0.39, 0.29) is 11.8 Å². The average molecular weight is 342 g/mol. The van der Waals surface area contributed by atoms with Crippen LogP contribution in [-0.4, -0.2) is 67.7 Å². The van der Waals surface area contributed by atoms with Crippen LogP contribution in [0, 0.1) is 0 Å². The zero-order chi connectivity index (χ0) is 16.8. The molecule has 0 spiro atoms. The van der Waals surface area contributed by atoms with Crippen molar-refractivity contribution in [1.82, 2.24) is 4.90 Å². The number of benzene rings is 1. The lowest BCUT2D eigenvalue weighted by Crippen LogP contribution is -2.48. The minimum Gasteiger partial charge on any atom is -0.495 e. The van der Waals surface area contributed by atoms with Crippen molar-refractivity contribution in [3.05, 3.63) is 18.2 Å². The van der Waals surface area contributed by atoms with E-state index in [0.717, 1.165) is 43.3 Å². The molecule has 128 valence electrons. The Morgan fingerprint density at radius 3 is 2.65 bits per heavy atom. The number of carbonyl (C=O) groups excluding carboxylic acids is 1. The predicted molar refractivity (Wildman–Crippen MR) is 92.7 cm³/mol. The monoisotopic (exact) mass is 341 g/mol. The summed E-state index contributed by atoms with van der Waals surface area (Å²) in [6.45, 7) is 5.06. The molecule has 0 aliphatic carbocycles. The molecular formula is C16H24ClN3O3. The fourth-order valence-corrected chi connectivity index (χ4v) is 2.69. The van der Waals surface area contributed by atoms with Crippen LogP contribution in [0.4, 0.5) is 11.4 Å². The summed E-state index contributed by atoms with van der Waals surface area (Å²) in [4.78, 5) is 15.5. The Hall–Kier alpha value is -1.66. The Bertz CT molecular complexity index is 533. The van der Waals surface area contributed by atoms with Crippen LogP contribution in [0.25, 0.3) is 0 Å². The van der Waals surface area contributed by atoms with Gasteiger partial charge < -0.3 is 25.0 Å². The molecule has 2 N–H and O–H groups in total. The van der Waals surface area contributed by atoms with E-state index >= 15 is 0 Å². The molecule has 1 aromatic rings. The molecule has 0 bridgehead atoms. The van der Waals surface area contributed by atoms with Gasteiger partial charge in [-0.05, 0) is 12.1 Å². The Balaban J connectivity index is 2.02. The molecule has 2 rings (SSSR count). The lowest BCUT2D eigenvalue weighted by Gasteiger charge is -2.35. The number of rotatable bonds is 6. The number of methoxy groups -OCH3 is 1. The fourth-order valence-electron chi connectivity index (χ4n) is 2.58. The van der Waals surface area contributed by atoms with Gasteiger partial charge in [-0.1, -0.05) is 0 Å². The summed E-state index contributed by atoms with van der Waals surface area (Å²) in [7, 11) is 1.62. The number of hydrogen-bond acceptors (Lipinski definition) is 5. The van der Waals surface area contributed by atoms with Crippen molar-refractivity contribution in [2.45, 2.75) is 13.0 Å². The summed E-state index contributed by atoms with van der Waals surface area (Å²) in [5.41, 5.74) is 1.89. The van der Waals surface area contributed by atoms with E-state index < -0.39 is 6.10 Å². The van der Waals surface area contributed by atoms with Gasteiger partial charge in [-0.3, -0.25) is 4.79 Å². The highest BCUT2D eigenvalue weighted by Gasteiger charge is 2.19. The third-order valence-corrected chi connectivity index (χ3v) is 4.34. The average Bonchev–Trinajstić information content (AvgIpc) is 2.59. The highest BCUT2D eigenvalue weighted by atomic mass is 35.5. The van der Waals surface area contributed by atoms with Crippen LogP contribution in [0.3, 0.4) is 0 Å². The number of aliphatic hydroxyl groups excluding tert-OH is 1. The van der Waals surface area contributed by atoms with Gasteiger partial charge in [0.2, 0.25) is 5.91 Å². The summed E-state index contributed by atoms with van der Waals surface area (Å²) < 4.78 is 5.43. The number of aliphatic hydroxyl groups is 1. The van der Waals surface area contributed by atoms with Gasteiger partial charge in [0.25, 0.3) is 0 Å². The number of amides is 1. The van der Waals surface area contributed by atoms with Gasteiger partial charge in [0.1, 0.15) is 5.75 Å². The van der Waals surface area contributed by atoms with Crippen molar-refractivity contribution in [3.63, 3.8) is 0 Å². The van der Waals surface area contributed by atoms with E-state index in [1.165, 1.54) is 0 Å². The third-order valence-electron chi connectivity index (χ3n) is 3.98. The number of halogens is 1. The van der Waals surface area contributed by atoms with Crippen LogP contribution in [0.1, 0.15) is 6.92 Å². The molecule has 1 unspecified atom stereocenters. The third kappa shape index (κ3) is 4.65. The van der Waals surface area contributed by atoms with E-state index in [2.05, 4.69) is 10.2 Å². The topological polar surface area (TPSA) is 65.0 Å². The summed E-state index contributed by atoms with van der Waals surface area (Å²) in [6.07, 6.45) is -0.597. The van der Waals surface area contributed by atoms with Crippen molar-refractivity contribution < 1.29 is 14.6 Å². The maximum atomic E-state index is 11.4. The first-order valence-electron chi connectivity index (χ1n) is 7.71. The molecule has 6 nitrogen and oxygen atoms in total. The Morgan fingerprint density at radius 1 is 1.39 bits per heavy atom. The molecule has 1 aliphatic heterocycles. The van der Waals surface area contributed by atoms with Crippen molar-refractivity contribution in [2.75, 3.05) is 55.9 Å². The first-order chi connectivity index (χ1) is 11.0. The highest BCUT2D eigenvalue weighted by molar-refractivity contribution is 6.18. The largest absolute Gasteiger partial charge is 0.495 e. The predicted octanol–water partition coefficient (Wildman–Crippen LogP) is 1.38. The number of nitrogens with zero attached hydrogens (tertiary/aromatic N) is 2. The molecule has 1 aliphatic rings. The zero-order valence-corrected chi connectivity index (χ0v) is 14.3. The zero-order valence-electron chi connectivity index (χ0n) is 13.6. The fraction of sp³-hybridized carbons (Fsp3) is 0.562. The Morgan fingerprint density at radius 2 is 2.09 bits per heavy atom. The van der Waals surface area contributed by atoms with E-state index in [1.807, 2.05) is 23.1 Å². The number of anilines is 2. The maximum Gasteiger partial charge on any atom is 0.219 e. The van der Waals surface area contributed by atoms with Crippen molar-refractivity contribution in [3.8, 4) is 5.75 Å². The molecule has 0 aromatic heterocycles. The number of nitrogens with one attached hydrogen (secondary N) is 1. The van der Waals surface area contributed by atoms with Crippen LogP contribution in [-0.2, 0) is 4.79 Å². The summed E-state index contributed by atoms with van der Waals surface area (Å²) >= 11 is 5.60. The second-order valence-electron chi connectivity index (χ2n) is 5.57. The SMILES string of the molecule is COc1cc(N2CCN(C(C)=O)CC2)ccc1NCC(O)CCl. The molecule has 1 saturated heterocycles. The number of piperazine rings is 1. The summed E-state index contributed by atoms with van der Waals surface area (Å²) in [5, 5.41) is 12.7. The number of carbonyl (C=O) groups is 1. The van der Waals surface area contributed by atoms with Crippen LogP contribution in [0.2, 0.25) is 0 Å². The Kier molecular flexibility index (Phi) is 6.36. The van der Waals surface area contributed by atoms with Gasteiger partial charge in [-0.15, -0.1) is 11.6 Å². The number of alkyl halides is 1. The second kappa shape index (κ2) is 8.26. The second-order valence-corrected chi connectivity index (χ2v) is 5.88. The molecule has 1 heterocycles. The van der Waals surface area contributed by atoms with Crippen LogP contribution < -0.4 is 15.0 Å². The van der Waals surface area contributed by atoms with Gasteiger partial charge in [0.05, 0.1) is 24.8 Å². The van der Waals surface area contributed by atoms with Crippen LogP contribution >= 0.6 is 11.6 Å². The van der Waals surface area contributed by atoms with Gasteiger partial charge in [0, 0.05) is 51.4 Å². The first kappa shape index (κ1) is 17.7. The molecule has 23 heavy (non-hydrogen) atoms. The quantitative estimate of drug-likeness (QED) is 0.765. The molecule has 1 atom stereocenters. The molecule has 1 fully saturated rings. The summed E-state index contributed by atoms with van der Waals surface area (Å²) in [6, 6.07) is 5.92. The minimum absolute atomic E-state index is 0.125. The minimum atomic E-state index is -0.597. The van der Waals surface area contributed by atoms with E-state index in [9.17, 15) is 9.90 Å². The van der Waals surface area contributed by atoms with Gasteiger partial charge in [-0.25, -0.2) is 0 Å². The van der Waals surface area contributed by atoms with E-state index in [0.29, 0.717) is 6.54 Å².